The normalized spacial score (nSPS) is 13.5. The van der Waals surface area contributed by atoms with Gasteiger partial charge < -0.3 is 15.0 Å². The van der Waals surface area contributed by atoms with Crippen molar-refractivity contribution in [3.63, 3.8) is 0 Å². The lowest BCUT2D eigenvalue weighted by Gasteiger charge is -2.29. The van der Waals surface area contributed by atoms with Gasteiger partial charge in [0.15, 0.2) is 0 Å². The molecule has 3 amide bonds. The minimum atomic E-state index is -4.82. The Morgan fingerprint density at radius 3 is 2.19 bits per heavy atom. The van der Waals surface area contributed by atoms with Gasteiger partial charge in [-0.05, 0) is 85.5 Å². The number of benzene rings is 3. The summed E-state index contributed by atoms with van der Waals surface area (Å²) in [7, 11) is 0. The van der Waals surface area contributed by atoms with E-state index in [4.69, 9.17) is 11.3 Å². The molecule has 0 atom stereocenters. The van der Waals surface area contributed by atoms with E-state index in [2.05, 4.69) is 30.6 Å². The summed E-state index contributed by atoms with van der Waals surface area (Å²) in [5, 5.41) is 16.9. The van der Waals surface area contributed by atoms with Crippen LogP contribution in [-0.4, -0.2) is 37.3 Å². The van der Waals surface area contributed by atoms with Crippen LogP contribution in [0.5, 0.6) is 5.75 Å². The highest BCUT2D eigenvalue weighted by atomic mass is 19.4. The number of anilines is 3. The number of carbonyl (C=O) groups is 2. The Morgan fingerprint density at radius 2 is 1.60 bits per heavy atom. The van der Waals surface area contributed by atoms with Crippen LogP contribution in [0.4, 0.5) is 35.0 Å². The maximum atomic E-state index is 13.5. The average Bonchev–Trinajstić information content (AvgIpc) is 2.97. The van der Waals surface area contributed by atoms with Gasteiger partial charge in [-0.3, -0.25) is 20.9 Å². The summed E-state index contributed by atoms with van der Waals surface area (Å²) in [6, 6.07) is 18.4. The monoisotopic (exact) mass is 583 g/mol. The fraction of sp³-hybridized carbons (Fsp3) is 0.250. The van der Waals surface area contributed by atoms with Crippen LogP contribution in [0, 0.1) is 0 Å². The maximum Gasteiger partial charge on any atom is 0.573 e. The van der Waals surface area contributed by atoms with Crippen LogP contribution >= 0.6 is 0 Å². The Labute approximate surface area is 239 Å². The van der Waals surface area contributed by atoms with Crippen molar-refractivity contribution in [1.29, 1.82) is 0 Å². The second-order valence-corrected chi connectivity index (χ2v) is 9.40. The van der Waals surface area contributed by atoms with Gasteiger partial charge in [0.2, 0.25) is 0 Å². The van der Waals surface area contributed by atoms with Crippen molar-refractivity contribution >= 4 is 35.0 Å². The molecule has 42 heavy (non-hydrogen) atoms. The van der Waals surface area contributed by atoms with Gasteiger partial charge in [0.1, 0.15) is 5.75 Å². The van der Waals surface area contributed by atoms with Crippen molar-refractivity contribution in [3.8, 4) is 5.75 Å². The van der Waals surface area contributed by atoms with E-state index >= 15 is 0 Å². The van der Waals surface area contributed by atoms with Gasteiger partial charge in [0.25, 0.3) is 0 Å². The topological polar surface area (TPSA) is 150 Å². The number of ether oxygens (including phenoxy) is 1. The first-order valence-corrected chi connectivity index (χ1v) is 13.0. The number of hydrogen-bond acceptors (Lipinski definition) is 5. The van der Waals surface area contributed by atoms with Crippen molar-refractivity contribution in [2.75, 3.05) is 28.2 Å². The molecule has 0 aliphatic carbocycles. The van der Waals surface area contributed by atoms with Gasteiger partial charge in [-0.25, -0.2) is 10.1 Å². The first-order chi connectivity index (χ1) is 20.1. The third-order valence-corrected chi connectivity index (χ3v) is 6.43. The minimum Gasteiger partial charge on any atom is -0.406 e. The van der Waals surface area contributed by atoms with Crippen molar-refractivity contribution in [3.05, 3.63) is 83.9 Å². The summed E-state index contributed by atoms with van der Waals surface area (Å²) in [4.78, 5) is 29.6. The molecule has 1 fully saturated rings. The zero-order valence-corrected chi connectivity index (χ0v) is 22.5. The molecule has 11 nitrogen and oxygen atoms in total. The molecule has 220 valence electrons. The average molecular weight is 584 g/mol. The molecule has 6 N–H and O–H groups in total. The van der Waals surface area contributed by atoms with Crippen LogP contribution < -0.4 is 36.4 Å². The molecule has 14 heteroatoms. The Bertz CT molecular complexity index is 1410. The number of carbonyl (C=O) groups excluding carboxylic acids is 2. The number of hydrogen-bond donors (Lipinski definition) is 4. The predicted octanol–water partition coefficient (Wildman–Crippen LogP) is 3.99. The fourth-order valence-corrected chi connectivity index (χ4v) is 4.43. The number of guanidine groups is 1. The van der Waals surface area contributed by atoms with Gasteiger partial charge in [0.05, 0.1) is 17.2 Å². The predicted molar refractivity (Wildman–Crippen MR) is 151 cm³/mol. The van der Waals surface area contributed by atoms with Gasteiger partial charge in [-0.1, -0.05) is 12.1 Å². The number of nitrogens with two attached hydrogens (primary N) is 2. The van der Waals surface area contributed by atoms with E-state index in [1.807, 2.05) is 24.3 Å². The zero-order valence-electron chi connectivity index (χ0n) is 22.5. The Hall–Kier alpha value is -5.14. The van der Waals surface area contributed by atoms with Crippen LogP contribution in [-0.2, 0) is 6.54 Å². The van der Waals surface area contributed by atoms with Crippen LogP contribution in [0.1, 0.15) is 35.2 Å². The summed E-state index contributed by atoms with van der Waals surface area (Å²) >= 11 is 0. The number of piperidine rings is 1. The summed E-state index contributed by atoms with van der Waals surface area (Å²) in [6.07, 6.45) is -1.37. The van der Waals surface area contributed by atoms with Crippen LogP contribution in [0.2, 0.25) is 0 Å². The number of nitrogens with one attached hydrogen (secondary N) is 2. The Morgan fingerprint density at radius 1 is 0.952 bits per heavy atom. The lowest BCUT2D eigenvalue weighted by Crippen LogP contribution is -2.49. The van der Waals surface area contributed by atoms with E-state index in [1.165, 1.54) is 23.5 Å². The van der Waals surface area contributed by atoms with Crippen molar-refractivity contribution < 1.29 is 32.9 Å². The summed E-state index contributed by atoms with van der Waals surface area (Å²) in [5.74, 6) is 3.74. The second-order valence-electron chi connectivity index (χ2n) is 9.40. The Kier molecular flexibility index (Phi) is 9.57. The number of urea groups is 1. The van der Waals surface area contributed by atoms with Crippen molar-refractivity contribution in [1.82, 2.24) is 5.32 Å². The number of rotatable bonds is 7. The van der Waals surface area contributed by atoms with E-state index in [0.29, 0.717) is 11.3 Å². The molecule has 1 aliphatic heterocycles. The van der Waals surface area contributed by atoms with E-state index in [9.17, 15) is 22.8 Å². The second kappa shape index (κ2) is 13.5. The molecule has 0 unspecified atom stereocenters. The molecule has 0 saturated carbocycles. The number of nitrogens with zero attached hydrogens (tertiary/aromatic N) is 4. The summed E-state index contributed by atoms with van der Waals surface area (Å²) in [5.41, 5.74) is 2.92. The molecule has 4 rings (SSSR count). The lowest BCUT2D eigenvalue weighted by atomic mass is 10.1. The number of halogens is 3. The molecular weight excluding hydrogens is 553 g/mol. The van der Waals surface area contributed by atoms with Crippen molar-refractivity contribution in [2.24, 2.45) is 16.2 Å². The highest BCUT2D eigenvalue weighted by Crippen LogP contribution is 2.27. The molecule has 1 aliphatic rings. The molecule has 3 aromatic rings. The van der Waals surface area contributed by atoms with Gasteiger partial charge in [-0.2, -0.15) is 0 Å². The highest BCUT2D eigenvalue weighted by molar-refractivity contribution is 6.04. The van der Waals surface area contributed by atoms with Gasteiger partial charge in [0, 0.05) is 35.4 Å². The molecule has 0 bridgehead atoms. The van der Waals surface area contributed by atoms with Crippen LogP contribution in [0.15, 0.2) is 83.1 Å². The smallest absolute Gasteiger partial charge is 0.406 e. The van der Waals surface area contributed by atoms with Crippen LogP contribution in [0.25, 0.3) is 0 Å². The zero-order chi connectivity index (χ0) is 30.1. The van der Waals surface area contributed by atoms with Crippen LogP contribution in [0.3, 0.4) is 0 Å². The largest absolute Gasteiger partial charge is 0.573 e. The van der Waals surface area contributed by atoms with Gasteiger partial charge >= 0.3 is 24.3 Å². The quantitative estimate of drug-likeness (QED) is 0.109. The molecule has 3 aromatic carbocycles. The molecule has 1 heterocycles. The lowest BCUT2D eigenvalue weighted by molar-refractivity contribution is -0.274. The van der Waals surface area contributed by atoms with Crippen molar-refractivity contribution in [2.45, 2.75) is 32.2 Å². The first kappa shape index (κ1) is 29.8. The standard InChI is InChI=1S/C28H29F3N8O3/c29-28(30,31)42-24-14-8-21(9-15-24)34-27(41)39(23-12-10-22(11-13-23)38-16-2-1-3-17-38)18-19-4-6-20(7-5-19)25(40)35-26(32)36-37-33/h4-15H,1-3,16-18H2,(H,34,41)(H4,32,33,35,36,40)/p+1. The highest BCUT2D eigenvalue weighted by Gasteiger charge is 2.31. The third-order valence-electron chi connectivity index (χ3n) is 6.43. The number of alkyl halides is 3. The van der Waals surface area contributed by atoms with E-state index in [0.717, 1.165) is 43.8 Å². The number of amides is 3. The molecule has 0 radical (unpaired) electrons. The molecular formula is C28H30F3N8O3+. The van der Waals surface area contributed by atoms with Gasteiger partial charge in [-0.15, -0.1) is 13.2 Å². The SMILES string of the molecule is NN=NC(=[NH2+])NC(=O)c1ccc(CN(C(=O)Nc2ccc(OC(F)(F)F)cc2)c2ccc(N3CCCCC3)cc2)cc1. The van der Waals surface area contributed by atoms with E-state index in [1.54, 1.807) is 24.3 Å². The van der Waals surface area contributed by atoms with E-state index < -0.39 is 24.1 Å². The summed E-state index contributed by atoms with van der Waals surface area (Å²) in [6.45, 7) is 2.06. The minimum absolute atomic E-state index is 0.127. The molecule has 1 saturated heterocycles. The first-order valence-electron chi connectivity index (χ1n) is 13.0. The molecule has 0 spiro atoms. The third kappa shape index (κ3) is 8.43. The summed E-state index contributed by atoms with van der Waals surface area (Å²) < 4.78 is 41.4. The Balaban J connectivity index is 1.53. The fourth-order valence-electron chi connectivity index (χ4n) is 4.43. The maximum absolute atomic E-state index is 13.5. The van der Waals surface area contributed by atoms with E-state index in [-0.39, 0.29) is 23.8 Å². The molecule has 0 aromatic heterocycles.